The Morgan fingerprint density at radius 1 is 1.00 bits per heavy atom. The van der Waals surface area contributed by atoms with Crippen molar-refractivity contribution in [1.29, 1.82) is 0 Å². The molecule has 5 rings (SSSR count). The molecule has 0 bridgehead atoms. The number of fused-ring (bicyclic) bond motifs is 1. The van der Waals surface area contributed by atoms with Gasteiger partial charge >= 0.3 is 0 Å². The van der Waals surface area contributed by atoms with E-state index in [2.05, 4.69) is 21.4 Å². The third-order valence-electron chi connectivity index (χ3n) is 6.37. The third kappa shape index (κ3) is 4.13. The van der Waals surface area contributed by atoms with E-state index in [1.165, 1.54) is 9.91 Å². The first-order chi connectivity index (χ1) is 16.9. The van der Waals surface area contributed by atoms with Crippen LogP contribution in [0.2, 0.25) is 0 Å². The van der Waals surface area contributed by atoms with Crippen LogP contribution >= 0.6 is 15.9 Å². The molecular weight excluding hydrogens is 510 g/mol. The zero-order chi connectivity index (χ0) is 24.7. The average Bonchev–Trinajstić information content (AvgIpc) is 3.37. The first-order valence-corrected chi connectivity index (χ1v) is 12.2. The van der Waals surface area contributed by atoms with Gasteiger partial charge in [0.2, 0.25) is 5.91 Å². The van der Waals surface area contributed by atoms with Gasteiger partial charge in [0.1, 0.15) is 11.8 Å². The van der Waals surface area contributed by atoms with Crippen LogP contribution < -0.4 is 15.1 Å². The third-order valence-corrected chi connectivity index (χ3v) is 6.86. The molecule has 35 heavy (non-hydrogen) atoms. The second kappa shape index (κ2) is 9.28. The van der Waals surface area contributed by atoms with Crippen molar-refractivity contribution in [2.75, 3.05) is 11.5 Å². The number of anilines is 1. The van der Waals surface area contributed by atoms with Crippen LogP contribution in [0.5, 0.6) is 5.75 Å². The number of benzene rings is 3. The summed E-state index contributed by atoms with van der Waals surface area (Å²) in [5, 5.41) is 1.33. The highest BCUT2D eigenvalue weighted by Crippen LogP contribution is 2.42. The Bertz CT molecular complexity index is 1290. The number of amides is 3. The van der Waals surface area contributed by atoms with E-state index < -0.39 is 23.9 Å². The molecule has 8 heteroatoms. The van der Waals surface area contributed by atoms with E-state index in [0.717, 1.165) is 15.6 Å². The van der Waals surface area contributed by atoms with E-state index in [1.54, 1.807) is 42.5 Å². The van der Waals surface area contributed by atoms with Crippen molar-refractivity contribution in [3.8, 4) is 5.75 Å². The number of hydrogen-bond donors (Lipinski definition) is 1. The van der Waals surface area contributed by atoms with Crippen molar-refractivity contribution in [1.82, 2.24) is 10.4 Å². The molecular formula is C27H24BrN3O4. The van der Waals surface area contributed by atoms with Crippen LogP contribution in [0.4, 0.5) is 5.69 Å². The van der Waals surface area contributed by atoms with E-state index in [4.69, 9.17) is 4.74 Å². The quantitative estimate of drug-likeness (QED) is 0.491. The summed E-state index contributed by atoms with van der Waals surface area (Å²) in [6.07, 6.45) is 0. The zero-order valence-electron chi connectivity index (χ0n) is 19.3. The van der Waals surface area contributed by atoms with Gasteiger partial charge in [-0.1, -0.05) is 51.8 Å². The van der Waals surface area contributed by atoms with E-state index in [-0.39, 0.29) is 11.8 Å². The Hall–Kier alpha value is -3.49. The van der Waals surface area contributed by atoms with Gasteiger partial charge in [-0.2, -0.15) is 0 Å². The molecule has 2 fully saturated rings. The second-order valence-corrected chi connectivity index (χ2v) is 9.53. The largest absolute Gasteiger partial charge is 0.494 e. The summed E-state index contributed by atoms with van der Waals surface area (Å²) < 4.78 is 6.24. The summed E-state index contributed by atoms with van der Waals surface area (Å²) in [4.78, 5) is 42.1. The number of hydrogen-bond acceptors (Lipinski definition) is 5. The highest BCUT2D eigenvalue weighted by Gasteiger charge is 2.60. The van der Waals surface area contributed by atoms with Gasteiger partial charge in [0.15, 0.2) is 0 Å². The van der Waals surface area contributed by atoms with Crippen LogP contribution in [0.25, 0.3) is 0 Å². The van der Waals surface area contributed by atoms with Crippen LogP contribution in [-0.4, -0.2) is 35.4 Å². The Morgan fingerprint density at radius 3 is 2.37 bits per heavy atom. The zero-order valence-corrected chi connectivity index (χ0v) is 20.9. The number of nitrogens with zero attached hydrogens (tertiary/aromatic N) is 2. The molecule has 178 valence electrons. The van der Waals surface area contributed by atoms with Gasteiger partial charge in [0.25, 0.3) is 11.8 Å². The number of ether oxygens (including phenoxy) is 1. The molecule has 7 nitrogen and oxygen atoms in total. The lowest BCUT2D eigenvalue weighted by atomic mass is 9.90. The van der Waals surface area contributed by atoms with Crippen LogP contribution in [0.15, 0.2) is 77.3 Å². The Labute approximate surface area is 211 Å². The number of aryl methyl sites for hydroxylation is 1. The summed E-state index contributed by atoms with van der Waals surface area (Å²) in [6, 6.07) is 20.1. The minimum Gasteiger partial charge on any atom is -0.494 e. The summed E-state index contributed by atoms with van der Waals surface area (Å²) in [5.41, 5.74) is 5.97. The standard InChI is InChI=1S/C27H24BrN3O4/c1-3-35-21-13-11-20(12-14-21)30-26(33)22-23(17-9-7-16(2)8-10-17)29-31(24(22)27(30)34)25(32)18-5-4-6-19(28)15-18/h4-15,22-24,29H,3H2,1-2H3/t22-,23-,24+/m1/s1. The maximum atomic E-state index is 13.7. The van der Waals surface area contributed by atoms with E-state index in [1.807, 2.05) is 44.2 Å². The number of rotatable bonds is 5. The molecule has 3 aromatic rings. The van der Waals surface area contributed by atoms with Crippen molar-refractivity contribution in [2.45, 2.75) is 25.9 Å². The monoisotopic (exact) mass is 533 g/mol. The summed E-state index contributed by atoms with van der Waals surface area (Å²) in [7, 11) is 0. The Kier molecular flexibility index (Phi) is 6.17. The van der Waals surface area contributed by atoms with Crippen LogP contribution in [0, 0.1) is 12.8 Å². The second-order valence-electron chi connectivity index (χ2n) is 8.61. The molecule has 2 aliphatic heterocycles. The lowest BCUT2D eigenvalue weighted by Gasteiger charge is -2.25. The van der Waals surface area contributed by atoms with Gasteiger partial charge in [-0.05, 0) is 61.9 Å². The molecule has 2 saturated heterocycles. The van der Waals surface area contributed by atoms with Gasteiger partial charge in [-0.3, -0.25) is 19.4 Å². The van der Waals surface area contributed by atoms with Crippen molar-refractivity contribution in [2.24, 2.45) is 5.92 Å². The molecule has 3 amide bonds. The summed E-state index contributed by atoms with van der Waals surface area (Å²) >= 11 is 3.40. The van der Waals surface area contributed by atoms with Gasteiger partial charge in [-0.15, -0.1) is 0 Å². The molecule has 2 heterocycles. The molecule has 0 radical (unpaired) electrons. The van der Waals surface area contributed by atoms with E-state index >= 15 is 0 Å². The number of nitrogens with one attached hydrogen (secondary N) is 1. The lowest BCUT2D eigenvalue weighted by Crippen LogP contribution is -2.48. The normalized spacial score (nSPS) is 21.4. The summed E-state index contributed by atoms with van der Waals surface area (Å²) in [5.74, 6) is -1.25. The van der Waals surface area contributed by atoms with Crippen molar-refractivity contribution in [3.63, 3.8) is 0 Å². The maximum absolute atomic E-state index is 13.7. The molecule has 0 unspecified atom stereocenters. The smallest absolute Gasteiger partial charge is 0.268 e. The number of imide groups is 1. The predicted molar refractivity (Wildman–Crippen MR) is 135 cm³/mol. The first-order valence-electron chi connectivity index (χ1n) is 11.4. The Balaban J connectivity index is 1.54. The van der Waals surface area contributed by atoms with E-state index in [9.17, 15) is 14.4 Å². The highest BCUT2D eigenvalue weighted by atomic mass is 79.9. The van der Waals surface area contributed by atoms with Crippen LogP contribution in [0.1, 0.15) is 34.5 Å². The number of hydrazine groups is 1. The molecule has 2 aliphatic rings. The highest BCUT2D eigenvalue weighted by molar-refractivity contribution is 9.10. The van der Waals surface area contributed by atoms with Gasteiger partial charge in [-0.25, -0.2) is 10.3 Å². The molecule has 1 N–H and O–H groups in total. The summed E-state index contributed by atoms with van der Waals surface area (Å²) in [6.45, 7) is 4.38. The fraction of sp³-hybridized carbons (Fsp3) is 0.222. The molecule has 3 atom stereocenters. The van der Waals surface area contributed by atoms with Gasteiger partial charge in [0.05, 0.1) is 24.3 Å². The van der Waals surface area contributed by atoms with Gasteiger partial charge in [0, 0.05) is 10.0 Å². The number of carbonyl (C=O) groups excluding carboxylic acids is 3. The minimum atomic E-state index is -0.966. The number of carbonyl (C=O) groups is 3. The topological polar surface area (TPSA) is 79.0 Å². The fourth-order valence-electron chi connectivity index (χ4n) is 4.70. The predicted octanol–water partition coefficient (Wildman–Crippen LogP) is 4.42. The molecule has 0 spiro atoms. The lowest BCUT2D eigenvalue weighted by molar-refractivity contribution is -0.123. The molecule has 0 saturated carbocycles. The first kappa shape index (κ1) is 23.3. The average molecular weight is 534 g/mol. The van der Waals surface area contributed by atoms with Crippen LogP contribution in [-0.2, 0) is 9.59 Å². The SMILES string of the molecule is CCOc1ccc(N2C(=O)[C@@H]3[C@@H](c4ccc(C)cc4)NN(C(=O)c4cccc(Br)c4)[C@@H]3C2=O)cc1. The molecule has 0 aliphatic carbocycles. The van der Waals surface area contributed by atoms with Gasteiger partial charge < -0.3 is 4.74 Å². The Morgan fingerprint density at radius 2 is 1.71 bits per heavy atom. The van der Waals surface area contributed by atoms with Crippen LogP contribution in [0.3, 0.4) is 0 Å². The number of halogens is 1. The minimum absolute atomic E-state index is 0.341. The van der Waals surface area contributed by atoms with Crippen molar-refractivity contribution < 1.29 is 19.1 Å². The fourth-order valence-corrected chi connectivity index (χ4v) is 5.10. The van der Waals surface area contributed by atoms with Crippen molar-refractivity contribution >= 4 is 39.3 Å². The maximum Gasteiger partial charge on any atom is 0.268 e. The molecule has 3 aromatic carbocycles. The van der Waals surface area contributed by atoms with E-state index in [0.29, 0.717) is 23.6 Å². The molecule has 0 aromatic heterocycles. The van der Waals surface area contributed by atoms with Crippen molar-refractivity contribution in [3.05, 3.63) is 94.0 Å².